The molecule has 0 aliphatic heterocycles. The number of carbonyl (C=O) groups excluding carboxylic acids is 1. The highest BCUT2D eigenvalue weighted by Crippen LogP contribution is 2.26. The zero-order valence-electron chi connectivity index (χ0n) is 15.5. The minimum atomic E-state index is -4.10. The van der Waals surface area contributed by atoms with E-state index >= 15 is 0 Å². The molecule has 0 atom stereocenters. The number of hydrogen-bond donors (Lipinski definition) is 3. The molecule has 3 N–H and O–H groups in total. The maximum Gasteiger partial charge on any atom is 0.335 e. The smallest absolute Gasteiger partial charge is 0.335 e. The fourth-order valence-corrected chi connectivity index (χ4v) is 4.09. The summed E-state index contributed by atoms with van der Waals surface area (Å²) >= 11 is 0. The lowest BCUT2D eigenvalue weighted by atomic mass is 10.2. The second-order valence-electron chi connectivity index (χ2n) is 6.14. The van der Waals surface area contributed by atoms with Crippen molar-refractivity contribution in [1.82, 2.24) is 0 Å². The van der Waals surface area contributed by atoms with Crippen LogP contribution >= 0.6 is 0 Å². The Morgan fingerprint density at radius 1 is 1.03 bits per heavy atom. The lowest BCUT2D eigenvalue weighted by molar-refractivity contribution is -0.137. The van der Waals surface area contributed by atoms with Crippen molar-refractivity contribution in [3.05, 3.63) is 54.1 Å². The maximum absolute atomic E-state index is 13.2. The van der Waals surface area contributed by atoms with Crippen LogP contribution < -0.4 is 9.62 Å². The molecule has 0 aliphatic carbocycles. The average Bonchev–Trinajstić information content (AvgIpc) is 2.65. The van der Waals surface area contributed by atoms with Gasteiger partial charge in [0.25, 0.3) is 10.0 Å². The molecule has 10 heteroatoms. The van der Waals surface area contributed by atoms with E-state index in [0.29, 0.717) is 5.69 Å². The molecule has 0 unspecified atom stereocenters. The second kappa shape index (κ2) is 9.20. The lowest BCUT2D eigenvalue weighted by Gasteiger charge is -2.25. The molecule has 154 valence electrons. The van der Waals surface area contributed by atoms with Gasteiger partial charge < -0.3 is 15.5 Å². The van der Waals surface area contributed by atoms with E-state index in [2.05, 4.69) is 5.32 Å². The molecule has 0 saturated carbocycles. The molecule has 2 rings (SSSR count). The van der Waals surface area contributed by atoms with Gasteiger partial charge in [-0.15, -0.1) is 0 Å². The van der Waals surface area contributed by atoms with Gasteiger partial charge in [-0.05, 0) is 48.9 Å². The Labute approximate surface area is 167 Å². The molecule has 0 aromatic heterocycles. The minimum absolute atomic E-state index is 0.0375. The van der Waals surface area contributed by atoms with Crippen molar-refractivity contribution >= 4 is 39.2 Å². The van der Waals surface area contributed by atoms with Gasteiger partial charge in [0.2, 0.25) is 5.91 Å². The number of carboxylic acid groups (broad SMARTS) is 2. The summed E-state index contributed by atoms with van der Waals surface area (Å²) in [5.41, 5.74) is 0.435. The second-order valence-corrected chi connectivity index (χ2v) is 8.00. The largest absolute Gasteiger partial charge is 0.481 e. The third-order valence-corrected chi connectivity index (χ3v) is 5.74. The summed E-state index contributed by atoms with van der Waals surface area (Å²) in [6, 6.07) is 10.9. The van der Waals surface area contributed by atoms with E-state index in [9.17, 15) is 27.9 Å². The Morgan fingerprint density at radius 3 is 2.24 bits per heavy atom. The number of aliphatic carboxylic acids is 1. The number of anilines is 2. The van der Waals surface area contributed by atoms with E-state index in [1.54, 1.807) is 0 Å². The third kappa shape index (κ3) is 5.79. The molecule has 0 aliphatic rings. The van der Waals surface area contributed by atoms with Crippen LogP contribution in [0.2, 0.25) is 0 Å². The van der Waals surface area contributed by atoms with E-state index in [0.717, 1.165) is 4.31 Å². The quantitative estimate of drug-likeness (QED) is 0.565. The number of carboxylic acids is 2. The number of aromatic carboxylic acids is 1. The highest BCUT2D eigenvalue weighted by molar-refractivity contribution is 7.92. The Kier molecular flexibility index (Phi) is 6.94. The van der Waals surface area contributed by atoms with E-state index < -0.39 is 22.0 Å². The van der Waals surface area contributed by atoms with Crippen molar-refractivity contribution in [3.63, 3.8) is 0 Å². The van der Waals surface area contributed by atoms with Gasteiger partial charge in [-0.3, -0.25) is 13.9 Å². The summed E-state index contributed by atoms with van der Waals surface area (Å²) in [7, 11) is -4.10. The predicted molar refractivity (Wildman–Crippen MR) is 106 cm³/mol. The standard InChI is InChI=1S/C19H20N2O7S/c1-13(22)20-15-7-9-17(10-8-15)29(27,28)21(11-3-6-18(23)24)16-5-2-4-14(12-16)19(25)26/h2,4-5,7-10,12H,3,6,11H2,1H3,(H,20,22)(H,23,24)(H,25,26). The molecule has 0 spiro atoms. The highest BCUT2D eigenvalue weighted by Gasteiger charge is 2.25. The lowest BCUT2D eigenvalue weighted by Crippen LogP contribution is -2.32. The normalized spacial score (nSPS) is 10.9. The highest BCUT2D eigenvalue weighted by atomic mass is 32.2. The molecule has 1 amide bonds. The fraction of sp³-hybridized carbons (Fsp3) is 0.211. The van der Waals surface area contributed by atoms with Crippen LogP contribution in [0.1, 0.15) is 30.1 Å². The van der Waals surface area contributed by atoms with Gasteiger partial charge in [0.15, 0.2) is 0 Å². The summed E-state index contributed by atoms with van der Waals surface area (Å²) in [4.78, 5) is 33.1. The first-order chi connectivity index (χ1) is 13.6. The van der Waals surface area contributed by atoms with Crippen molar-refractivity contribution < 1.29 is 33.0 Å². The Bertz CT molecular complexity index is 1020. The monoisotopic (exact) mass is 420 g/mol. The molecule has 0 heterocycles. The van der Waals surface area contributed by atoms with Crippen molar-refractivity contribution in [2.24, 2.45) is 0 Å². The van der Waals surface area contributed by atoms with E-state index in [1.807, 2.05) is 0 Å². The van der Waals surface area contributed by atoms with Crippen LogP contribution in [0.3, 0.4) is 0 Å². The van der Waals surface area contributed by atoms with Gasteiger partial charge in [-0.25, -0.2) is 13.2 Å². The molecule has 0 radical (unpaired) electrons. The SMILES string of the molecule is CC(=O)Nc1ccc(S(=O)(=O)N(CCCC(=O)O)c2cccc(C(=O)O)c2)cc1. The number of hydrogen-bond acceptors (Lipinski definition) is 5. The summed E-state index contributed by atoms with van der Waals surface area (Å²) in [6.07, 6.45) is -0.206. The van der Waals surface area contributed by atoms with Gasteiger partial charge in [0.05, 0.1) is 16.1 Å². The molecule has 9 nitrogen and oxygen atoms in total. The number of rotatable bonds is 9. The van der Waals surface area contributed by atoms with Crippen LogP contribution in [-0.2, 0) is 19.6 Å². The topological polar surface area (TPSA) is 141 Å². The minimum Gasteiger partial charge on any atom is -0.481 e. The average molecular weight is 420 g/mol. The molecule has 2 aromatic rings. The van der Waals surface area contributed by atoms with Crippen LogP contribution in [0.4, 0.5) is 11.4 Å². The Balaban J connectivity index is 2.43. The zero-order chi connectivity index (χ0) is 21.6. The van der Waals surface area contributed by atoms with Gasteiger partial charge in [0, 0.05) is 25.6 Å². The molecular weight excluding hydrogens is 400 g/mol. The van der Waals surface area contributed by atoms with E-state index in [-0.39, 0.29) is 41.4 Å². The first-order valence-electron chi connectivity index (χ1n) is 8.57. The van der Waals surface area contributed by atoms with Gasteiger partial charge >= 0.3 is 11.9 Å². The van der Waals surface area contributed by atoms with Crippen LogP contribution in [0.15, 0.2) is 53.4 Å². The van der Waals surface area contributed by atoms with Crippen LogP contribution in [0.5, 0.6) is 0 Å². The molecular formula is C19H20N2O7S. The summed E-state index contributed by atoms with van der Waals surface area (Å²) < 4.78 is 27.3. The molecule has 2 aromatic carbocycles. The number of amides is 1. The molecule has 0 saturated heterocycles. The summed E-state index contributed by atoms with van der Waals surface area (Å²) in [5, 5.41) is 20.6. The third-order valence-electron chi connectivity index (χ3n) is 3.90. The molecule has 0 fully saturated rings. The zero-order valence-corrected chi connectivity index (χ0v) is 16.3. The van der Waals surface area contributed by atoms with E-state index in [4.69, 9.17) is 5.11 Å². The first kappa shape index (κ1) is 21.9. The molecule has 0 bridgehead atoms. The van der Waals surface area contributed by atoms with Crippen molar-refractivity contribution in [2.75, 3.05) is 16.2 Å². The van der Waals surface area contributed by atoms with Crippen LogP contribution in [0.25, 0.3) is 0 Å². The number of nitrogens with one attached hydrogen (secondary N) is 1. The number of nitrogens with zero attached hydrogens (tertiary/aromatic N) is 1. The fourth-order valence-electron chi connectivity index (χ4n) is 2.60. The van der Waals surface area contributed by atoms with Crippen molar-refractivity contribution in [1.29, 1.82) is 0 Å². The van der Waals surface area contributed by atoms with Crippen LogP contribution in [0, 0.1) is 0 Å². The Hall–Kier alpha value is -3.40. The number of sulfonamides is 1. The molecule has 29 heavy (non-hydrogen) atoms. The van der Waals surface area contributed by atoms with Crippen LogP contribution in [-0.4, -0.2) is 43.0 Å². The maximum atomic E-state index is 13.2. The van der Waals surface area contributed by atoms with Crippen molar-refractivity contribution in [3.8, 4) is 0 Å². The first-order valence-corrected chi connectivity index (χ1v) is 10.0. The van der Waals surface area contributed by atoms with Gasteiger partial charge in [-0.1, -0.05) is 6.07 Å². The van der Waals surface area contributed by atoms with E-state index in [1.165, 1.54) is 55.5 Å². The van der Waals surface area contributed by atoms with Crippen molar-refractivity contribution in [2.45, 2.75) is 24.7 Å². The van der Waals surface area contributed by atoms with Gasteiger partial charge in [-0.2, -0.15) is 0 Å². The predicted octanol–water partition coefficient (Wildman–Crippen LogP) is 2.40. The number of benzene rings is 2. The summed E-state index contributed by atoms with van der Waals surface area (Å²) in [6.45, 7) is 1.18. The number of carbonyl (C=O) groups is 3. The Morgan fingerprint density at radius 2 is 1.69 bits per heavy atom. The van der Waals surface area contributed by atoms with Gasteiger partial charge in [0.1, 0.15) is 0 Å². The summed E-state index contributed by atoms with van der Waals surface area (Å²) in [5.74, 6) is -2.59.